The number of nitrogens with zero attached hydrogens (tertiary/aromatic N) is 2. The van der Waals surface area contributed by atoms with Gasteiger partial charge in [0.15, 0.2) is 16.7 Å². The van der Waals surface area contributed by atoms with E-state index in [1.807, 2.05) is 39.8 Å². The van der Waals surface area contributed by atoms with Crippen molar-refractivity contribution in [2.45, 2.75) is 52.3 Å². The number of amidine groups is 1. The third-order valence-electron chi connectivity index (χ3n) is 5.09. The predicted molar refractivity (Wildman–Crippen MR) is 121 cm³/mol. The Morgan fingerprint density at radius 3 is 2.61 bits per heavy atom. The molecule has 0 aromatic heterocycles. The van der Waals surface area contributed by atoms with Crippen LogP contribution in [0.5, 0.6) is 11.5 Å². The number of ether oxygens (including phenoxy) is 3. The Kier molecular flexibility index (Phi) is 7.30. The van der Waals surface area contributed by atoms with Gasteiger partial charge in [0.1, 0.15) is 0 Å². The molecule has 1 amide bonds. The van der Waals surface area contributed by atoms with Crippen LogP contribution in [0.2, 0.25) is 0 Å². The van der Waals surface area contributed by atoms with Gasteiger partial charge in [-0.15, -0.1) is 0 Å². The molecular weight excluding hydrogens is 416 g/mol. The first-order chi connectivity index (χ1) is 14.8. The standard InChI is InChI=1S/C23H30N2O5S/c1-7-18-21(26)25-20(15-9-10-16(29-8-2)17(11-15)28-6)19(14(5)24-23(25)31-18)22(27)30-12-13(3)4/h9-11,13,18,20H,7-8,12H2,1-6H3. The normalized spacial score (nSPS) is 20.7. The zero-order chi connectivity index (χ0) is 22.7. The third-order valence-corrected chi connectivity index (χ3v) is 6.41. The van der Waals surface area contributed by atoms with Gasteiger partial charge < -0.3 is 14.2 Å². The highest BCUT2D eigenvalue weighted by Crippen LogP contribution is 2.45. The Morgan fingerprint density at radius 1 is 1.26 bits per heavy atom. The number of allylic oxidation sites excluding steroid dienone is 1. The quantitative estimate of drug-likeness (QED) is 0.553. The minimum Gasteiger partial charge on any atom is -0.493 e. The topological polar surface area (TPSA) is 77.4 Å². The van der Waals surface area contributed by atoms with Crippen molar-refractivity contribution in [3.63, 3.8) is 0 Å². The molecule has 0 radical (unpaired) electrons. The van der Waals surface area contributed by atoms with E-state index in [1.165, 1.54) is 11.8 Å². The van der Waals surface area contributed by atoms with Crippen LogP contribution in [0, 0.1) is 5.92 Å². The second-order valence-electron chi connectivity index (χ2n) is 7.85. The van der Waals surface area contributed by atoms with Gasteiger partial charge in [-0.25, -0.2) is 9.79 Å². The van der Waals surface area contributed by atoms with Crippen molar-refractivity contribution >= 4 is 28.8 Å². The maximum absolute atomic E-state index is 13.2. The number of thioether (sulfide) groups is 1. The van der Waals surface area contributed by atoms with Gasteiger partial charge in [-0.2, -0.15) is 0 Å². The van der Waals surface area contributed by atoms with Crippen molar-refractivity contribution < 1.29 is 23.8 Å². The molecule has 2 atom stereocenters. The summed E-state index contributed by atoms with van der Waals surface area (Å²) in [6, 6.07) is 4.86. The lowest BCUT2D eigenvalue weighted by Crippen LogP contribution is -2.41. The molecule has 0 spiro atoms. The average molecular weight is 447 g/mol. The number of rotatable bonds is 8. The third kappa shape index (κ3) is 4.59. The Labute approximate surface area is 187 Å². The number of carbonyl (C=O) groups excluding carboxylic acids is 2. The van der Waals surface area contributed by atoms with E-state index in [2.05, 4.69) is 4.99 Å². The molecule has 2 aliphatic rings. The number of amides is 1. The van der Waals surface area contributed by atoms with Gasteiger partial charge in [-0.05, 0) is 43.9 Å². The number of fused-ring (bicyclic) bond motifs is 1. The minimum absolute atomic E-state index is 0.0502. The first-order valence-corrected chi connectivity index (χ1v) is 11.5. The van der Waals surface area contributed by atoms with Crippen LogP contribution in [0.25, 0.3) is 0 Å². The van der Waals surface area contributed by atoms with Crippen molar-refractivity contribution in [3.05, 3.63) is 35.0 Å². The Bertz CT molecular complexity index is 925. The Morgan fingerprint density at radius 2 is 2.00 bits per heavy atom. The number of carbonyl (C=O) groups is 2. The van der Waals surface area contributed by atoms with Crippen LogP contribution < -0.4 is 9.47 Å². The second-order valence-corrected chi connectivity index (χ2v) is 9.02. The lowest BCUT2D eigenvalue weighted by atomic mass is 9.93. The van der Waals surface area contributed by atoms with Crippen molar-refractivity contribution in [2.75, 3.05) is 20.3 Å². The molecule has 8 heteroatoms. The lowest BCUT2D eigenvalue weighted by Gasteiger charge is -2.33. The molecule has 3 rings (SSSR count). The van der Waals surface area contributed by atoms with Gasteiger partial charge in [0.2, 0.25) is 5.91 Å². The molecule has 2 heterocycles. The molecule has 0 saturated carbocycles. The SMILES string of the molecule is CCOc1ccc(C2C(C(=O)OCC(C)C)=C(C)N=C3SC(CC)C(=O)N32)cc1OC. The van der Waals surface area contributed by atoms with E-state index in [1.54, 1.807) is 25.0 Å². The number of methoxy groups -OCH3 is 1. The summed E-state index contributed by atoms with van der Waals surface area (Å²) in [5, 5.41) is 0.400. The number of aliphatic imine (C=N–C) groups is 1. The van der Waals surface area contributed by atoms with Crippen molar-refractivity contribution in [3.8, 4) is 11.5 Å². The van der Waals surface area contributed by atoms with E-state index in [4.69, 9.17) is 14.2 Å². The van der Waals surface area contributed by atoms with E-state index in [0.717, 1.165) is 5.56 Å². The average Bonchev–Trinajstić information content (AvgIpc) is 3.06. The summed E-state index contributed by atoms with van der Waals surface area (Å²) < 4.78 is 16.7. The smallest absolute Gasteiger partial charge is 0.338 e. The van der Waals surface area contributed by atoms with Crippen LogP contribution >= 0.6 is 11.8 Å². The monoisotopic (exact) mass is 446 g/mol. The molecule has 0 bridgehead atoms. The largest absolute Gasteiger partial charge is 0.493 e. The molecule has 1 saturated heterocycles. The zero-order valence-electron chi connectivity index (χ0n) is 18.9. The Balaban J connectivity index is 2.10. The molecule has 2 unspecified atom stereocenters. The predicted octanol–water partition coefficient (Wildman–Crippen LogP) is 4.33. The van der Waals surface area contributed by atoms with Crippen LogP contribution in [0.15, 0.2) is 34.5 Å². The lowest BCUT2D eigenvalue weighted by molar-refractivity contribution is -0.141. The van der Waals surface area contributed by atoms with Gasteiger partial charge in [0, 0.05) is 0 Å². The number of esters is 1. The van der Waals surface area contributed by atoms with Crippen LogP contribution in [-0.4, -0.2) is 47.5 Å². The number of hydrogen-bond donors (Lipinski definition) is 0. The summed E-state index contributed by atoms with van der Waals surface area (Å²) in [7, 11) is 1.57. The van der Waals surface area contributed by atoms with Crippen LogP contribution in [-0.2, 0) is 14.3 Å². The second kappa shape index (κ2) is 9.77. The maximum atomic E-state index is 13.2. The first-order valence-electron chi connectivity index (χ1n) is 10.6. The molecule has 1 aromatic rings. The summed E-state index contributed by atoms with van der Waals surface area (Å²) in [5.74, 6) is 0.847. The molecule has 1 fully saturated rings. The van der Waals surface area contributed by atoms with Gasteiger partial charge in [0.05, 0.1) is 42.9 Å². The molecule has 2 aliphatic heterocycles. The summed E-state index contributed by atoms with van der Waals surface area (Å²) >= 11 is 1.44. The van der Waals surface area contributed by atoms with E-state index in [0.29, 0.717) is 47.6 Å². The number of hydrogen-bond acceptors (Lipinski definition) is 7. The number of benzene rings is 1. The maximum Gasteiger partial charge on any atom is 0.338 e. The molecule has 1 aromatic carbocycles. The first kappa shape index (κ1) is 23.2. The summed E-state index contributed by atoms with van der Waals surface area (Å²) in [5.41, 5.74) is 1.69. The molecule has 168 valence electrons. The highest BCUT2D eigenvalue weighted by atomic mass is 32.2. The summed E-state index contributed by atoms with van der Waals surface area (Å²) in [6.07, 6.45) is 0.685. The van der Waals surface area contributed by atoms with Crippen LogP contribution in [0.4, 0.5) is 0 Å². The van der Waals surface area contributed by atoms with Gasteiger partial charge in [-0.3, -0.25) is 9.69 Å². The van der Waals surface area contributed by atoms with Crippen LogP contribution in [0.1, 0.15) is 52.6 Å². The van der Waals surface area contributed by atoms with Crippen molar-refractivity contribution in [1.82, 2.24) is 4.90 Å². The van der Waals surface area contributed by atoms with E-state index < -0.39 is 12.0 Å². The summed E-state index contributed by atoms with van der Waals surface area (Å²) in [6.45, 7) is 10.4. The highest BCUT2D eigenvalue weighted by molar-refractivity contribution is 8.15. The zero-order valence-corrected chi connectivity index (χ0v) is 19.7. The van der Waals surface area contributed by atoms with Crippen LogP contribution in [0.3, 0.4) is 0 Å². The van der Waals surface area contributed by atoms with Gasteiger partial charge in [0.25, 0.3) is 0 Å². The van der Waals surface area contributed by atoms with E-state index >= 15 is 0 Å². The van der Waals surface area contributed by atoms with E-state index in [9.17, 15) is 9.59 Å². The fourth-order valence-corrected chi connectivity index (χ4v) is 4.75. The van der Waals surface area contributed by atoms with Gasteiger partial charge in [-0.1, -0.05) is 38.6 Å². The van der Waals surface area contributed by atoms with Crippen molar-refractivity contribution in [1.29, 1.82) is 0 Å². The van der Waals surface area contributed by atoms with Gasteiger partial charge >= 0.3 is 5.97 Å². The molecule has 0 N–H and O–H groups in total. The molecule has 31 heavy (non-hydrogen) atoms. The fraction of sp³-hybridized carbons (Fsp3) is 0.522. The minimum atomic E-state index is -0.631. The fourth-order valence-electron chi connectivity index (χ4n) is 3.61. The highest BCUT2D eigenvalue weighted by Gasteiger charge is 2.47. The molecule has 0 aliphatic carbocycles. The van der Waals surface area contributed by atoms with E-state index in [-0.39, 0.29) is 17.1 Å². The summed E-state index contributed by atoms with van der Waals surface area (Å²) in [4.78, 5) is 32.6. The van der Waals surface area contributed by atoms with Crippen molar-refractivity contribution in [2.24, 2.45) is 10.9 Å². The Hall–Kier alpha value is -2.48. The molecular formula is C23H30N2O5S. The molecule has 7 nitrogen and oxygen atoms in total.